The minimum absolute atomic E-state index is 0.704. The number of alkyl halides is 1. The molecular formula is C12H16ClNS. The van der Waals surface area contributed by atoms with Gasteiger partial charge in [0.25, 0.3) is 0 Å². The van der Waals surface area contributed by atoms with Gasteiger partial charge in [-0.15, -0.1) is 23.4 Å². The minimum atomic E-state index is 0.704. The van der Waals surface area contributed by atoms with Crippen LogP contribution in [0.25, 0.3) is 0 Å². The van der Waals surface area contributed by atoms with Crippen molar-refractivity contribution in [3.63, 3.8) is 0 Å². The van der Waals surface area contributed by atoms with Gasteiger partial charge in [-0.05, 0) is 25.1 Å². The number of nitrogens with zero attached hydrogens (tertiary/aromatic N) is 1. The van der Waals surface area contributed by atoms with Gasteiger partial charge in [0, 0.05) is 29.1 Å². The maximum Gasteiger partial charge on any atom is 0.0351 e. The third kappa shape index (κ3) is 2.90. The van der Waals surface area contributed by atoms with E-state index in [0.29, 0.717) is 5.25 Å². The van der Waals surface area contributed by atoms with E-state index in [4.69, 9.17) is 11.6 Å². The summed E-state index contributed by atoms with van der Waals surface area (Å²) in [4.78, 5) is 3.78. The van der Waals surface area contributed by atoms with Crippen molar-refractivity contribution >= 4 is 23.4 Å². The Morgan fingerprint density at radius 1 is 1.47 bits per heavy atom. The summed E-state index contributed by atoms with van der Waals surface area (Å²) in [5.41, 5.74) is 1.51. The summed E-state index contributed by atoms with van der Waals surface area (Å²) in [5.74, 6) is 0.723. The summed E-state index contributed by atoms with van der Waals surface area (Å²) in [6.45, 7) is 2.11. The highest BCUT2D eigenvalue weighted by Gasteiger charge is 2.22. The molecule has 0 saturated carbocycles. The number of thioether (sulfide) groups is 1. The van der Waals surface area contributed by atoms with E-state index < -0.39 is 0 Å². The summed E-state index contributed by atoms with van der Waals surface area (Å²) < 4.78 is 0. The smallest absolute Gasteiger partial charge is 0.0351 e. The topological polar surface area (TPSA) is 3.24 Å². The van der Waals surface area contributed by atoms with E-state index in [1.165, 1.54) is 16.9 Å². The summed E-state index contributed by atoms with van der Waals surface area (Å²) in [5, 5.41) is 0.704. The summed E-state index contributed by atoms with van der Waals surface area (Å²) >= 11 is 7.73. The van der Waals surface area contributed by atoms with Gasteiger partial charge in [-0.25, -0.2) is 0 Å². The molecule has 0 aromatic heterocycles. The number of rotatable bonds is 4. The van der Waals surface area contributed by atoms with Crippen LogP contribution in [0.1, 0.15) is 5.56 Å². The van der Waals surface area contributed by atoms with Gasteiger partial charge in [0.05, 0.1) is 0 Å². The SMILES string of the molecule is CN(CCCl)CC1Cc2ccccc2S1. The molecule has 1 aromatic rings. The number of halogens is 1. The highest BCUT2D eigenvalue weighted by atomic mass is 35.5. The maximum absolute atomic E-state index is 5.72. The Bertz CT molecular complexity index is 304. The lowest BCUT2D eigenvalue weighted by molar-refractivity contribution is 0.355. The maximum atomic E-state index is 5.72. The van der Waals surface area contributed by atoms with Gasteiger partial charge in [-0.1, -0.05) is 18.2 Å². The molecule has 0 spiro atoms. The number of benzene rings is 1. The van der Waals surface area contributed by atoms with E-state index >= 15 is 0 Å². The van der Waals surface area contributed by atoms with E-state index in [1.807, 2.05) is 11.8 Å². The van der Waals surface area contributed by atoms with Crippen molar-refractivity contribution in [3.05, 3.63) is 29.8 Å². The lowest BCUT2D eigenvalue weighted by atomic mass is 10.1. The largest absolute Gasteiger partial charge is 0.304 e. The molecule has 0 fully saturated rings. The van der Waals surface area contributed by atoms with Gasteiger partial charge in [0.15, 0.2) is 0 Å². The van der Waals surface area contributed by atoms with Crippen LogP contribution in [0.15, 0.2) is 29.2 Å². The fraction of sp³-hybridized carbons (Fsp3) is 0.500. The van der Waals surface area contributed by atoms with Crippen LogP contribution in [0, 0.1) is 0 Å². The van der Waals surface area contributed by atoms with E-state index in [9.17, 15) is 0 Å². The van der Waals surface area contributed by atoms with Crippen molar-refractivity contribution in [2.75, 3.05) is 26.0 Å². The molecule has 1 aliphatic heterocycles. The second-order valence-electron chi connectivity index (χ2n) is 4.00. The Morgan fingerprint density at radius 2 is 2.27 bits per heavy atom. The Morgan fingerprint density at radius 3 is 3.00 bits per heavy atom. The molecule has 0 N–H and O–H groups in total. The summed E-state index contributed by atoms with van der Waals surface area (Å²) in [6.07, 6.45) is 1.20. The van der Waals surface area contributed by atoms with Gasteiger partial charge in [-0.2, -0.15) is 0 Å². The number of fused-ring (bicyclic) bond motifs is 1. The molecule has 1 unspecified atom stereocenters. The monoisotopic (exact) mass is 241 g/mol. The van der Waals surface area contributed by atoms with Crippen molar-refractivity contribution in [2.24, 2.45) is 0 Å². The fourth-order valence-corrected chi connectivity index (χ4v) is 3.64. The molecule has 0 amide bonds. The molecule has 15 heavy (non-hydrogen) atoms. The van der Waals surface area contributed by atoms with Crippen molar-refractivity contribution in [1.82, 2.24) is 4.90 Å². The van der Waals surface area contributed by atoms with Crippen molar-refractivity contribution in [1.29, 1.82) is 0 Å². The second-order valence-corrected chi connectivity index (χ2v) is 5.72. The van der Waals surface area contributed by atoms with Crippen LogP contribution >= 0.6 is 23.4 Å². The lowest BCUT2D eigenvalue weighted by Gasteiger charge is -2.18. The Kier molecular flexibility index (Phi) is 3.95. The van der Waals surface area contributed by atoms with Crippen molar-refractivity contribution in [3.8, 4) is 0 Å². The standard InChI is InChI=1S/C12H16ClNS/c1-14(7-6-13)9-11-8-10-4-2-3-5-12(10)15-11/h2-5,11H,6-9H2,1H3. The van der Waals surface area contributed by atoms with Crippen LogP contribution in [0.4, 0.5) is 0 Å². The molecule has 1 heterocycles. The molecule has 82 valence electrons. The summed E-state index contributed by atoms with van der Waals surface area (Å²) in [7, 11) is 2.14. The minimum Gasteiger partial charge on any atom is -0.304 e. The zero-order valence-corrected chi connectivity index (χ0v) is 10.5. The predicted molar refractivity (Wildman–Crippen MR) is 68.0 cm³/mol. The normalized spacial score (nSPS) is 19.5. The van der Waals surface area contributed by atoms with E-state index in [-0.39, 0.29) is 0 Å². The Labute approximate surface area is 101 Å². The predicted octanol–water partition coefficient (Wildman–Crippen LogP) is 2.87. The summed E-state index contributed by atoms with van der Waals surface area (Å²) in [6, 6.07) is 8.71. The molecule has 0 aliphatic carbocycles. The molecule has 1 aliphatic rings. The van der Waals surface area contributed by atoms with Crippen LogP contribution in [-0.4, -0.2) is 36.2 Å². The molecule has 0 bridgehead atoms. The lowest BCUT2D eigenvalue weighted by Crippen LogP contribution is -2.28. The molecule has 2 rings (SSSR count). The molecule has 0 saturated heterocycles. The first-order valence-corrected chi connectivity index (χ1v) is 6.70. The van der Waals surface area contributed by atoms with Gasteiger partial charge < -0.3 is 4.90 Å². The van der Waals surface area contributed by atoms with Crippen molar-refractivity contribution in [2.45, 2.75) is 16.6 Å². The first-order valence-electron chi connectivity index (χ1n) is 5.28. The third-order valence-corrected chi connectivity index (χ3v) is 4.17. The Hall–Kier alpha value is -0.180. The van der Waals surface area contributed by atoms with Gasteiger partial charge in [0.2, 0.25) is 0 Å². The zero-order valence-electron chi connectivity index (χ0n) is 8.95. The molecule has 3 heteroatoms. The average Bonchev–Trinajstić information content (AvgIpc) is 2.59. The zero-order chi connectivity index (χ0) is 10.7. The molecule has 1 nitrogen and oxygen atoms in total. The quantitative estimate of drug-likeness (QED) is 0.746. The molecule has 1 atom stereocenters. The van der Waals surface area contributed by atoms with Crippen LogP contribution in [0.5, 0.6) is 0 Å². The van der Waals surface area contributed by atoms with Crippen LogP contribution in [0.2, 0.25) is 0 Å². The average molecular weight is 242 g/mol. The first kappa shape index (κ1) is 11.3. The van der Waals surface area contributed by atoms with Crippen molar-refractivity contribution < 1.29 is 0 Å². The first-order chi connectivity index (χ1) is 7.29. The fourth-order valence-electron chi connectivity index (χ4n) is 1.94. The second kappa shape index (κ2) is 5.24. The third-order valence-electron chi connectivity index (χ3n) is 2.70. The van der Waals surface area contributed by atoms with Gasteiger partial charge in [0.1, 0.15) is 0 Å². The molecule has 1 aromatic carbocycles. The van der Waals surface area contributed by atoms with Crippen LogP contribution in [0.3, 0.4) is 0 Å². The highest BCUT2D eigenvalue weighted by molar-refractivity contribution is 8.00. The van der Waals surface area contributed by atoms with Crippen LogP contribution in [-0.2, 0) is 6.42 Å². The molecular weight excluding hydrogens is 226 g/mol. The Balaban J connectivity index is 1.90. The van der Waals surface area contributed by atoms with E-state index in [0.717, 1.165) is 19.0 Å². The van der Waals surface area contributed by atoms with E-state index in [1.54, 1.807) is 0 Å². The number of hydrogen-bond donors (Lipinski definition) is 0. The van der Waals surface area contributed by atoms with Gasteiger partial charge >= 0.3 is 0 Å². The molecule has 0 radical (unpaired) electrons. The van der Waals surface area contributed by atoms with E-state index in [2.05, 4.69) is 36.2 Å². The van der Waals surface area contributed by atoms with Gasteiger partial charge in [-0.3, -0.25) is 0 Å². The van der Waals surface area contributed by atoms with Crippen LogP contribution < -0.4 is 0 Å². The number of hydrogen-bond acceptors (Lipinski definition) is 2. The highest BCUT2D eigenvalue weighted by Crippen LogP contribution is 2.36.